The standard InChI is InChI=1S/C20H16N2O3/c23-19(15-8-3-1-4-9-15)22-18(14-17-12-7-13-25-17)20(24)21-16-10-5-2-6-11-16/h1-14H,(H,21,24)(H,22,23)/b18-14-. The summed E-state index contributed by atoms with van der Waals surface area (Å²) < 4.78 is 5.24. The topological polar surface area (TPSA) is 71.3 Å². The summed E-state index contributed by atoms with van der Waals surface area (Å²) in [5.74, 6) is -0.347. The molecule has 2 amide bonds. The molecule has 0 saturated heterocycles. The predicted octanol–water partition coefficient (Wildman–Crippen LogP) is 3.69. The number of hydrogen-bond donors (Lipinski definition) is 2. The first-order valence-corrected chi connectivity index (χ1v) is 7.70. The Morgan fingerprint density at radius 1 is 0.840 bits per heavy atom. The Morgan fingerprint density at radius 3 is 2.16 bits per heavy atom. The van der Waals surface area contributed by atoms with Crippen molar-refractivity contribution in [3.63, 3.8) is 0 Å². The van der Waals surface area contributed by atoms with Crippen LogP contribution in [0.4, 0.5) is 5.69 Å². The van der Waals surface area contributed by atoms with Crippen LogP contribution >= 0.6 is 0 Å². The fraction of sp³-hybridized carbons (Fsp3) is 0. The van der Waals surface area contributed by atoms with E-state index in [2.05, 4.69) is 10.6 Å². The molecule has 0 spiro atoms. The number of anilines is 1. The van der Waals surface area contributed by atoms with Gasteiger partial charge >= 0.3 is 0 Å². The van der Waals surface area contributed by atoms with Crippen molar-refractivity contribution in [3.05, 3.63) is 96.1 Å². The minimum Gasteiger partial charge on any atom is -0.465 e. The number of carbonyl (C=O) groups is 2. The van der Waals surface area contributed by atoms with Gasteiger partial charge in [-0.05, 0) is 36.4 Å². The van der Waals surface area contributed by atoms with Gasteiger partial charge in [-0.15, -0.1) is 0 Å². The molecule has 3 rings (SSSR count). The summed E-state index contributed by atoms with van der Waals surface area (Å²) >= 11 is 0. The summed E-state index contributed by atoms with van der Waals surface area (Å²) in [4.78, 5) is 24.9. The van der Waals surface area contributed by atoms with Gasteiger partial charge in [0.05, 0.1) is 6.26 Å². The highest BCUT2D eigenvalue weighted by Crippen LogP contribution is 2.11. The number of rotatable bonds is 5. The van der Waals surface area contributed by atoms with Gasteiger partial charge in [0.25, 0.3) is 11.8 Å². The Bertz CT molecular complexity index is 870. The molecule has 0 saturated carbocycles. The van der Waals surface area contributed by atoms with E-state index in [0.717, 1.165) is 0 Å². The molecule has 3 aromatic rings. The van der Waals surface area contributed by atoms with E-state index < -0.39 is 5.91 Å². The second-order valence-corrected chi connectivity index (χ2v) is 5.21. The minimum atomic E-state index is -0.438. The molecule has 0 fully saturated rings. The molecule has 1 heterocycles. The Hall–Kier alpha value is -3.60. The van der Waals surface area contributed by atoms with Gasteiger partial charge in [-0.1, -0.05) is 36.4 Å². The van der Waals surface area contributed by atoms with E-state index in [-0.39, 0.29) is 11.6 Å². The van der Waals surface area contributed by atoms with Crippen LogP contribution < -0.4 is 10.6 Å². The van der Waals surface area contributed by atoms with Gasteiger partial charge in [0.2, 0.25) is 0 Å². The molecular weight excluding hydrogens is 316 g/mol. The van der Waals surface area contributed by atoms with Crippen LogP contribution in [0, 0.1) is 0 Å². The number of nitrogens with one attached hydrogen (secondary N) is 2. The highest BCUT2D eigenvalue weighted by molar-refractivity contribution is 6.10. The van der Waals surface area contributed by atoms with Gasteiger partial charge in [-0.2, -0.15) is 0 Å². The molecule has 25 heavy (non-hydrogen) atoms. The van der Waals surface area contributed by atoms with Crippen molar-refractivity contribution in [2.24, 2.45) is 0 Å². The second kappa shape index (κ2) is 7.79. The van der Waals surface area contributed by atoms with Crippen LogP contribution in [0.2, 0.25) is 0 Å². The molecule has 0 bridgehead atoms. The van der Waals surface area contributed by atoms with E-state index in [1.54, 1.807) is 48.5 Å². The van der Waals surface area contributed by atoms with Crippen LogP contribution in [0.1, 0.15) is 16.1 Å². The summed E-state index contributed by atoms with van der Waals surface area (Å²) in [5.41, 5.74) is 1.18. The molecule has 0 radical (unpaired) electrons. The van der Waals surface area contributed by atoms with Crippen LogP contribution in [0.5, 0.6) is 0 Å². The zero-order chi connectivity index (χ0) is 17.5. The zero-order valence-corrected chi connectivity index (χ0v) is 13.3. The number of benzene rings is 2. The number of furan rings is 1. The van der Waals surface area contributed by atoms with Crippen LogP contribution in [0.15, 0.2) is 89.2 Å². The average molecular weight is 332 g/mol. The molecule has 5 heteroatoms. The third-order valence-corrected chi connectivity index (χ3v) is 3.39. The molecule has 2 N–H and O–H groups in total. The summed E-state index contributed by atoms with van der Waals surface area (Å²) in [7, 11) is 0. The first-order valence-electron chi connectivity index (χ1n) is 7.70. The molecule has 2 aromatic carbocycles. The van der Waals surface area contributed by atoms with E-state index in [4.69, 9.17) is 4.42 Å². The highest BCUT2D eigenvalue weighted by atomic mass is 16.3. The maximum Gasteiger partial charge on any atom is 0.272 e. The molecule has 124 valence electrons. The first kappa shape index (κ1) is 16.3. The van der Waals surface area contributed by atoms with Gasteiger partial charge in [-0.25, -0.2) is 0 Å². The number of para-hydroxylation sites is 1. The lowest BCUT2D eigenvalue weighted by Gasteiger charge is -2.10. The van der Waals surface area contributed by atoms with Gasteiger partial charge in [0.1, 0.15) is 11.5 Å². The maximum atomic E-state index is 12.6. The average Bonchev–Trinajstić information content (AvgIpc) is 3.16. The van der Waals surface area contributed by atoms with Crippen LogP contribution in [-0.2, 0) is 4.79 Å². The Balaban J connectivity index is 1.83. The maximum absolute atomic E-state index is 12.6. The number of amides is 2. The molecule has 0 aliphatic rings. The first-order chi connectivity index (χ1) is 12.2. The van der Waals surface area contributed by atoms with E-state index >= 15 is 0 Å². The van der Waals surface area contributed by atoms with Gasteiger partial charge in [0.15, 0.2) is 0 Å². The van der Waals surface area contributed by atoms with Gasteiger partial charge < -0.3 is 15.1 Å². The van der Waals surface area contributed by atoms with Crippen LogP contribution in [0.3, 0.4) is 0 Å². The lowest BCUT2D eigenvalue weighted by atomic mass is 10.2. The van der Waals surface area contributed by atoms with E-state index in [1.165, 1.54) is 12.3 Å². The Labute approximate surface area is 145 Å². The SMILES string of the molecule is O=C(Nc1ccccc1)/C(=C/c1ccco1)NC(=O)c1ccccc1. The van der Waals surface area contributed by atoms with E-state index in [0.29, 0.717) is 17.0 Å². The molecule has 0 atom stereocenters. The Kier molecular flexibility index (Phi) is 5.07. The predicted molar refractivity (Wildman–Crippen MR) is 95.7 cm³/mol. The highest BCUT2D eigenvalue weighted by Gasteiger charge is 2.15. The zero-order valence-electron chi connectivity index (χ0n) is 13.3. The van der Waals surface area contributed by atoms with Crippen molar-refractivity contribution in [2.45, 2.75) is 0 Å². The molecule has 0 aliphatic carbocycles. The van der Waals surface area contributed by atoms with Gasteiger partial charge in [0, 0.05) is 17.3 Å². The molecule has 0 aliphatic heterocycles. The number of hydrogen-bond acceptors (Lipinski definition) is 3. The van der Waals surface area contributed by atoms with Crippen molar-refractivity contribution in [2.75, 3.05) is 5.32 Å². The van der Waals surface area contributed by atoms with Crippen molar-refractivity contribution in [3.8, 4) is 0 Å². The van der Waals surface area contributed by atoms with E-state index in [9.17, 15) is 9.59 Å². The molecule has 1 aromatic heterocycles. The van der Waals surface area contributed by atoms with Crippen molar-refractivity contribution >= 4 is 23.6 Å². The molecule has 5 nitrogen and oxygen atoms in total. The van der Waals surface area contributed by atoms with E-state index in [1.807, 2.05) is 24.3 Å². The molecular formula is C20H16N2O3. The largest absolute Gasteiger partial charge is 0.465 e. The van der Waals surface area contributed by atoms with Crippen LogP contribution in [-0.4, -0.2) is 11.8 Å². The third-order valence-electron chi connectivity index (χ3n) is 3.39. The lowest BCUT2D eigenvalue weighted by molar-refractivity contribution is -0.113. The lowest BCUT2D eigenvalue weighted by Crippen LogP contribution is -2.30. The molecule has 0 unspecified atom stereocenters. The summed E-state index contributed by atoms with van der Waals surface area (Å²) in [6.07, 6.45) is 2.98. The van der Waals surface area contributed by atoms with Crippen LogP contribution in [0.25, 0.3) is 6.08 Å². The fourth-order valence-electron chi connectivity index (χ4n) is 2.18. The second-order valence-electron chi connectivity index (χ2n) is 5.21. The fourth-order valence-corrected chi connectivity index (χ4v) is 2.18. The van der Waals surface area contributed by atoms with Crippen molar-refractivity contribution in [1.82, 2.24) is 5.32 Å². The van der Waals surface area contributed by atoms with Crippen molar-refractivity contribution in [1.29, 1.82) is 0 Å². The minimum absolute atomic E-state index is 0.0904. The third kappa shape index (κ3) is 4.45. The Morgan fingerprint density at radius 2 is 1.52 bits per heavy atom. The summed E-state index contributed by atoms with van der Waals surface area (Å²) in [6.45, 7) is 0. The smallest absolute Gasteiger partial charge is 0.272 e. The summed E-state index contributed by atoms with van der Waals surface area (Å²) in [6, 6.07) is 21.1. The quantitative estimate of drug-likeness (QED) is 0.700. The normalized spacial score (nSPS) is 11.0. The monoisotopic (exact) mass is 332 g/mol. The van der Waals surface area contributed by atoms with Gasteiger partial charge in [-0.3, -0.25) is 9.59 Å². The summed E-state index contributed by atoms with van der Waals surface area (Å²) in [5, 5.41) is 5.39. The number of carbonyl (C=O) groups excluding carboxylic acids is 2. The van der Waals surface area contributed by atoms with Crippen molar-refractivity contribution < 1.29 is 14.0 Å².